The number of hydrogen-bond acceptors (Lipinski definition) is 1. The highest BCUT2D eigenvalue weighted by molar-refractivity contribution is 5.93. The smallest absolute Gasteiger partial charge is 0.248 e. The molecule has 0 unspecified atom stereocenters. The lowest BCUT2D eigenvalue weighted by Crippen LogP contribution is -2.10. The van der Waals surface area contributed by atoms with Gasteiger partial charge in [-0.3, -0.25) is 4.79 Å². The van der Waals surface area contributed by atoms with Gasteiger partial charge in [0.1, 0.15) is 0 Å². The maximum atomic E-state index is 10.9. The van der Waals surface area contributed by atoms with Gasteiger partial charge in [0.2, 0.25) is 5.91 Å². The highest BCUT2D eigenvalue weighted by atomic mass is 16.1. The molecule has 0 spiro atoms. The molecular weight excluding hydrogens is 186 g/mol. The van der Waals surface area contributed by atoms with Gasteiger partial charge in [0, 0.05) is 5.56 Å². The first kappa shape index (κ1) is 11.5. The van der Waals surface area contributed by atoms with Crippen LogP contribution in [0.25, 0.3) is 6.08 Å². The first-order valence-electron chi connectivity index (χ1n) is 5.30. The molecule has 0 atom stereocenters. The largest absolute Gasteiger partial charge is 0.366 e. The number of amides is 1. The third kappa shape index (κ3) is 3.98. The van der Waals surface area contributed by atoms with Crippen LogP contribution in [0.4, 0.5) is 0 Å². The summed E-state index contributed by atoms with van der Waals surface area (Å²) in [5.41, 5.74) is 6.79. The minimum atomic E-state index is -0.376. The fourth-order valence-electron chi connectivity index (χ4n) is 1.34. The Labute approximate surface area is 90.8 Å². The second kappa shape index (κ2) is 6.02. The van der Waals surface area contributed by atoms with Crippen LogP contribution in [-0.2, 0) is 0 Å². The van der Waals surface area contributed by atoms with Gasteiger partial charge in [0.05, 0.1) is 0 Å². The molecule has 80 valence electrons. The number of rotatable bonds is 5. The van der Waals surface area contributed by atoms with Crippen molar-refractivity contribution in [3.05, 3.63) is 41.5 Å². The fourth-order valence-corrected chi connectivity index (χ4v) is 1.34. The number of primary amides is 1. The molecule has 1 rings (SSSR count). The Morgan fingerprint density at radius 3 is 2.93 bits per heavy atom. The van der Waals surface area contributed by atoms with Gasteiger partial charge in [0.25, 0.3) is 0 Å². The van der Waals surface area contributed by atoms with Gasteiger partial charge in [-0.25, -0.2) is 0 Å². The lowest BCUT2D eigenvalue weighted by molar-refractivity contribution is 0.100. The van der Waals surface area contributed by atoms with Gasteiger partial charge < -0.3 is 5.73 Å². The van der Waals surface area contributed by atoms with Crippen molar-refractivity contribution < 1.29 is 4.79 Å². The fraction of sp³-hybridized carbons (Fsp3) is 0.308. The Bertz CT molecular complexity index is 355. The first-order chi connectivity index (χ1) is 7.24. The number of benzene rings is 1. The summed E-state index contributed by atoms with van der Waals surface area (Å²) in [6, 6.07) is 7.35. The Morgan fingerprint density at radius 1 is 1.47 bits per heavy atom. The van der Waals surface area contributed by atoms with Crippen LogP contribution in [-0.4, -0.2) is 5.91 Å². The van der Waals surface area contributed by atoms with Crippen molar-refractivity contribution in [2.75, 3.05) is 0 Å². The summed E-state index contributed by atoms with van der Waals surface area (Å²) in [4.78, 5) is 10.9. The van der Waals surface area contributed by atoms with Gasteiger partial charge in [-0.1, -0.05) is 44.1 Å². The van der Waals surface area contributed by atoms with Crippen molar-refractivity contribution in [1.82, 2.24) is 0 Å². The Kier molecular flexibility index (Phi) is 4.61. The second-order valence-electron chi connectivity index (χ2n) is 3.53. The zero-order valence-corrected chi connectivity index (χ0v) is 9.07. The highest BCUT2D eigenvalue weighted by Gasteiger charge is 1.98. The average molecular weight is 203 g/mol. The van der Waals surface area contributed by atoms with E-state index >= 15 is 0 Å². The zero-order valence-electron chi connectivity index (χ0n) is 9.07. The average Bonchev–Trinajstić information content (AvgIpc) is 2.25. The number of nitrogens with two attached hydrogens (primary N) is 1. The van der Waals surface area contributed by atoms with Crippen molar-refractivity contribution in [3.8, 4) is 0 Å². The van der Waals surface area contributed by atoms with Crippen molar-refractivity contribution in [3.63, 3.8) is 0 Å². The normalized spacial score (nSPS) is 10.7. The van der Waals surface area contributed by atoms with E-state index in [1.807, 2.05) is 24.3 Å². The molecule has 0 heterocycles. The summed E-state index contributed by atoms with van der Waals surface area (Å²) in [7, 11) is 0. The van der Waals surface area contributed by atoms with Gasteiger partial charge >= 0.3 is 0 Å². The van der Waals surface area contributed by atoms with Crippen LogP contribution in [0.1, 0.15) is 42.1 Å². The molecule has 15 heavy (non-hydrogen) atoms. The summed E-state index contributed by atoms with van der Waals surface area (Å²) < 4.78 is 0. The Hall–Kier alpha value is -1.57. The van der Waals surface area contributed by atoms with Crippen molar-refractivity contribution in [1.29, 1.82) is 0 Å². The molecule has 1 aromatic rings. The molecule has 1 aromatic carbocycles. The van der Waals surface area contributed by atoms with Gasteiger partial charge in [-0.05, 0) is 24.1 Å². The molecule has 0 radical (unpaired) electrons. The summed E-state index contributed by atoms with van der Waals surface area (Å²) >= 11 is 0. The van der Waals surface area contributed by atoms with E-state index in [1.165, 1.54) is 12.8 Å². The lowest BCUT2D eigenvalue weighted by Gasteiger charge is -1.97. The minimum absolute atomic E-state index is 0.376. The number of hydrogen-bond donors (Lipinski definition) is 1. The molecule has 0 aromatic heterocycles. The number of carbonyl (C=O) groups excluding carboxylic acids is 1. The van der Waals surface area contributed by atoms with E-state index in [1.54, 1.807) is 6.07 Å². The van der Waals surface area contributed by atoms with E-state index in [4.69, 9.17) is 5.73 Å². The van der Waals surface area contributed by atoms with E-state index < -0.39 is 0 Å². The predicted octanol–water partition coefficient (Wildman–Crippen LogP) is 2.99. The molecule has 0 bridgehead atoms. The number of allylic oxidation sites excluding steroid dienone is 1. The monoisotopic (exact) mass is 203 g/mol. The zero-order chi connectivity index (χ0) is 11.1. The van der Waals surface area contributed by atoms with E-state index in [0.717, 1.165) is 12.0 Å². The van der Waals surface area contributed by atoms with Crippen LogP contribution in [0.15, 0.2) is 30.3 Å². The standard InChI is InChI=1S/C13H17NO/c1-2-3-4-5-7-11-8-6-9-12(10-11)13(14)15/h5-10H,2-4H2,1H3,(H2,14,15)/b7-5-. The van der Waals surface area contributed by atoms with Gasteiger partial charge in [0.15, 0.2) is 0 Å². The number of carbonyl (C=O) groups is 1. The Morgan fingerprint density at radius 2 is 2.27 bits per heavy atom. The van der Waals surface area contributed by atoms with E-state index in [0.29, 0.717) is 5.56 Å². The minimum Gasteiger partial charge on any atom is -0.366 e. The predicted molar refractivity (Wildman–Crippen MR) is 63.5 cm³/mol. The quantitative estimate of drug-likeness (QED) is 0.734. The molecule has 0 fully saturated rings. The van der Waals surface area contributed by atoms with E-state index in [9.17, 15) is 4.79 Å². The molecule has 1 amide bonds. The lowest BCUT2D eigenvalue weighted by atomic mass is 10.1. The van der Waals surface area contributed by atoms with Crippen LogP contribution in [0.2, 0.25) is 0 Å². The molecule has 2 heteroatoms. The van der Waals surface area contributed by atoms with E-state index in [-0.39, 0.29) is 5.91 Å². The molecule has 0 aliphatic rings. The summed E-state index contributed by atoms with van der Waals surface area (Å²) in [6.45, 7) is 2.17. The van der Waals surface area contributed by atoms with Gasteiger partial charge in [-0.2, -0.15) is 0 Å². The van der Waals surface area contributed by atoms with Crippen molar-refractivity contribution >= 4 is 12.0 Å². The SMILES string of the molecule is CCCC/C=C\c1cccc(C(N)=O)c1. The van der Waals surface area contributed by atoms with Crippen LogP contribution in [0.5, 0.6) is 0 Å². The molecular formula is C13H17NO. The maximum absolute atomic E-state index is 10.9. The molecule has 0 aliphatic carbocycles. The molecule has 0 aliphatic heterocycles. The van der Waals surface area contributed by atoms with Crippen molar-refractivity contribution in [2.24, 2.45) is 5.73 Å². The first-order valence-corrected chi connectivity index (χ1v) is 5.30. The van der Waals surface area contributed by atoms with Crippen molar-refractivity contribution in [2.45, 2.75) is 26.2 Å². The van der Waals surface area contributed by atoms with Crippen LogP contribution >= 0.6 is 0 Å². The Balaban J connectivity index is 2.65. The third-order valence-corrected chi connectivity index (χ3v) is 2.21. The highest BCUT2D eigenvalue weighted by Crippen LogP contribution is 2.07. The van der Waals surface area contributed by atoms with Crippen LogP contribution in [0, 0.1) is 0 Å². The maximum Gasteiger partial charge on any atom is 0.248 e. The third-order valence-electron chi connectivity index (χ3n) is 2.21. The molecule has 0 saturated heterocycles. The second-order valence-corrected chi connectivity index (χ2v) is 3.53. The topological polar surface area (TPSA) is 43.1 Å². The van der Waals surface area contributed by atoms with Crippen LogP contribution < -0.4 is 5.73 Å². The number of unbranched alkanes of at least 4 members (excludes halogenated alkanes) is 2. The summed E-state index contributed by atoms with van der Waals surface area (Å²) in [5.74, 6) is -0.376. The van der Waals surface area contributed by atoms with E-state index in [2.05, 4.69) is 13.0 Å². The summed E-state index contributed by atoms with van der Waals surface area (Å²) in [6.07, 6.45) is 7.64. The molecule has 2 N–H and O–H groups in total. The molecule has 0 saturated carbocycles. The van der Waals surface area contributed by atoms with Crippen LogP contribution in [0.3, 0.4) is 0 Å². The summed E-state index contributed by atoms with van der Waals surface area (Å²) in [5, 5.41) is 0. The van der Waals surface area contributed by atoms with Gasteiger partial charge in [-0.15, -0.1) is 0 Å². The molecule has 2 nitrogen and oxygen atoms in total.